The van der Waals surface area contributed by atoms with E-state index < -0.39 is 18.0 Å². The Labute approximate surface area is 96.9 Å². The van der Waals surface area contributed by atoms with Crippen LogP contribution >= 0.6 is 0 Å². The first-order chi connectivity index (χ1) is 8.09. The number of halogens is 1. The third-order valence-electron chi connectivity index (χ3n) is 2.44. The van der Waals surface area contributed by atoms with Gasteiger partial charge >= 0.3 is 5.97 Å². The number of benzene rings is 1. The predicted octanol–water partition coefficient (Wildman–Crippen LogP) is 1.49. The van der Waals surface area contributed by atoms with Crippen LogP contribution in [-0.4, -0.2) is 22.4 Å². The average Bonchev–Trinajstić information content (AvgIpc) is 2.30. The lowest BCUT2D eigenvalue weighted by Gasteiger charge is -2.29. The van der Waals surface area contributed by atoms with Crippen molar-refractivity contribution in [2.75, 3.05) is 4.90 Å². The second kappa shape index (κ2) is 4.39. The fourth-order valence-corrected chi connectivity index (χ4v) is 1.58. The highest BCUT2D eigenvalue weighted by Crippen LogP contribution is 2.23. The number of rotatable bonds is 2. The zero-order valence-corrected chi connectivity index (χ0v) is 8.75. The highest BCUT2D eigenvalue weighted by Gasteiger charge is 2.25. The Balaban J connectivity index is 2.30. The van der Waals surface area contributed by atoms with Crippen LogP contribution < -0.4 is 4.90 Å². The van der Waals surface area contributed by atoms with E-state index in [0.717, 1.165) is 0 Å². The standard InChI is InChI=1S/C12H10FNO3/c13-8-3-5-9(6-4-8)14-7-1-2-10(11(14)15)12(16)17/h1-7,11,15H,(H,16,17). The summed E-state index contributed by atoms with van der Waals surface area (Å²) in [6, 6.07) is 5.42. The van der Waals surface area contributed by atoms with E-state index in [-0.39, 0.29) is 5.57 Å². The second-order valence-corrected chi connectivity index (χ2v) is 3.53. The Hall–Kier alpha value is -2.14. The molecule has 0 saturated heterocycles. The van der Waals surface area contributed by atoms with Crippen molar-refractivity contribution in [2.24, 2.45) is 0 Å². The quantitative estimate of drug-likeness (QED) is 0.815. The highest BCUT2D eigenvalue weighted by molar-refractivity contribution is 5.89. The molecule has 0 radical (unpaired) electrons. The third-order valence-corrected chi connectivity index (χ3v) is 2.44. The van der Waals surface area contributed by atoms with E-state index in [4.69, 9.17) is 5.11 Å². The zero-order valence-electron chi connectivity index (χ0n) is 8.75. The number of carbonyl (C=O) groups is 1. The molecule has 0 fully saturated rings. The van der Waals surface area contributed by atoms with Crippen LogP contribution in [0.4, 0.5) is 10.1 Å². The van der Waals surface area contributed by atoms with Crippen molar-refractivity contribution in [1.29, 1.82) is 0 Å². The number of hydrogen-bond donors (Lipinski definition) is 2. The third kappa shape index (κ3) is 2.19. The maximum absolute atomic E-state index is 12.8. The monoisotopic (exact) mass is 235 g/mol. The van der Waals surface area contributed by atoms with Gasteiger partial charge in [-0.05, 0) is 36.4 Å². The van der Waals surface area contributed by atoms with Crippen LogP contribution in [0.15, 0.2) is 48.2 Å². The summed E-state index contributed by atoms with van der Waals surface area (Å²) in [6.45, 7) is 0. The van der Waals surface area contributed by atoms with Crippen molar-refractivity contribution in [2.45, 2.75) is 6.23 Å². The first-order valence-corrected chi connectivity index (χ1v) is 4.93. The number of anilines is 1. The molecule has 1 unspecified atom stereocenters. The fraction of sp³-hybridized carbons (Fsp3) is 0.0833. The van der Waals surface area contributed by atoms with E-state index in [1.807, 2.05) is 0 Å². The number of aliphatic hydroxyl groups excluding tert-OH is 1. The molecule has 1 aliphatic rings. The van der Waals surface area contributed by atoms with Crippen molar-refractivity contribution in [3.8, 4) is 0 Å². The Morgan fingerprint density at radius 1 is 1.29 bits per heavy atom. The predicted molar refractivity (Wildman–Crippen MR) is 59.7 cm³/mol. The van der Waals surface area contributed by atoms with Gasteiger partial charge in [0.05, 0.1) is 5.57 Å². The Morgan fingerprint density at radius 2 is 1.94 bits per heavy atom. The van der Waals surface area contributed by atoms with Gasteiger partial charge in [0.2, 0.25) is 0 Å². The van der Waals surface area contributed by atoms with Gasteiger partial charge in [-0.25, -0.2) is 9.18 Å². The molecule has 2 rings (SSSR count). The topological polar surface area (TPSA) is 60.8 Å². The molecule has 2 N–H and O–H groups in total. The SMILES string of the molecule is O=C(O)C1=CC=CN(c2ccc(F)cc2)C1O. The minimum atomic E-state index is -1.28. The summed E-state index contributed by atoms with van der Waals surface area (Å²) < 4.78 is 12.8. The van der Waals surface area contributed by atoms with Gasteiger partial charge in [-0.15, -0.1) is 0 Å². The number of aliphatic hydroxyl groups is 1. The number of carboxylic acid groups (broad SMARTS) is 1. The van der Waals surface area contributed by atoms with Gasteiger partial charge in [0.25, 0.3) is 0 Å². The Morgan fingerprint density at radius 3 is 2.53 bits per heavy atom. The Bertz CT molecular complexity index is 493. The maximum atomic E-state index is 12.8. The van der Waals surface area contributed by atoms with E-state index in [0.29, 0.717) is 5.69 Å². The van der Waals surface area contributed by atoms with Gasteiger partial charge in [-0.1, -0.05) is 0 Å². The van der Waals surface area contributed by atoms with Gasteiger partial charge in [-0.3, -0.25) is 0 Å². The molecule has 0 aliphatic carbocycles. The fourth-order valence-electron chi connectivity index (χ4n) is 1.58. The summed E-state index contributed by atoms with van der Waals surface area (Å²) in [6.07, 6.45) is 3.10. The number of nitrogens with zero attached hydrogens (tertiary/aromatic N) is 1. The molecule has 0 bridgehead atoms. The molecular weight excluding hydrogens is 225 g/mol. The maximum Gasteiger partial charge on any atom is 0.336 e. The smallest absolute Gasteiger partial charge is 0.336 e. The van der Waals surface area contributed by atoms with Crippen LogP contribution in [0.2, 0.25) is 0 Å². The van der Waals surface area contributed by atoms with E-state index in [1.165, 1.54) is 47.5 Å². The summed E-state index contributed by atoms with van der Waals surface area (Å²) in [5.74, 6) is -1.58. The van der Waals surface area contributed by atoms with Crippen LogP contribution in [-0.2, 0) is 4.79 Å². The summed E-state index contributed by atoms with van der Waals surface area (Å²) in [5.41, 5.74) is 0.388. The van der Waals surface area contributed by atoms with Crippen molar-refractivity contribution in [1.82, 2.24) is 0 Å². The minimum Gasteiger partial charge on any atom is -0.478 e. The molecule has 5 heteroatoms. The normalized spacial score (nSPS) is 19.1. The van der Waals surface area contributed by atoms with Crippen LogP contribution in [0, 0.1) is 5.82 Å². The molecule has 1 aromatic rings. The molecule has 0 saturated carbocycles. The molecule has 4 nitrogen and oxygen atoms in total. The molecular formula is C12H10FNO3. The molecule has 17 heavy (non-hydrogen) atoms. The van der Waals surface area contributed by atoms with Crippen molar-refractivity contribution < 1.29 is 19.4 Å². The van der Waals surface area contributed by atoms with Gasteiger partial charge in [-0.2, -0.15) is 0 Å². The van der Waals surface area contributed by atoms with E-state index >= 15 is 0 Å². The lowest BCUT2D eigenvalue weighted by atomic mass is 10.1. The lowest BCUT2D eigenvalue weighted by Crippen LogP contribution is -2.36. The molecule has 1 atom stereocenters. The van der Waals surface area contributed by atoms with Gasteiger partial charge in [0, 0.05) is 11.9 Å². The molecule has 1 aliphatic heterocycles. The van der Waals surface area contributed by atoms with Gasteiger partial charge < -0.3 is 15.1 Å². The zero-order chi connectivity index (χ0) is 12.4. The molecule has 0 aromatic heterocycles. The molecule has 0 spiro atoms. The summed E-state index contributed by atoms with van der Waals surface area (Å²) >= 11 is 0. The number of hydrogen-bond acceptors (Lipinski definition) is 3. The first-order valence-electron chi connectivity index (χ1n) is 4.93. The summed E-state index contributed by atoms with van der Waals surface area (Å²) in [4.78, 5) is 12.2. The highest BCUT2D eigenvalue weighted by atomic mass is 19.1. The summed E-state index contributed by atoms with van der Waals surface area (Å²) in [5, 5.41) is 18.7. The number of carboxylic acids is 1. The summed E-state index contributed by atoms with van der Waals surface area (Å²) in [7, 11) is 0. The van der Waals surface area contributed by atoms with E-state index in [1.54, 1.807) is 0 Å². The van der Waals surface area contributed by atoms with E-state index in [9.17, 15) is 14.3 Å². The van der Waals surface area contributed by atoms with Crippen molar-refractivity contribution in [3.05, 3.63) is 54.0 Å². The molecule has 0 amide bonds. The largest absolute Gasteiger partial charge is 0.478 e. The number of aliphatic carboxylic acids is 1. The first kappa shape index (κ1) is 11.3. The van der Waals surface area contributed by atoms with Crippen molar-refractivity contribution >= 4 is 11.7 Å². The minimum absolute atomic E-state index is 0.128. The molecule has 1 heterocycles. The van der Waals surface area contributed by atoms with Crippen LogP contribution in [0.25, 0.3) is 0 Å². The molecule has 1 aromatic carbocycles. The van der Waals surface area contributed by atoms with Gasteiger partial charge in [0.15, 0.2) is 6.23 Å². The average molecular weight is 235 g/mol. The van der Waals surface area contributed by atoms with Crippen LogP contribution in [0.1, 0.15) is 0 Å². The Kier molecular flexibility index (Phi) is 2.93. The van der Waals surface area contributed by atoms with Gasteiger partial charge in [0.1, 0.15) is 5.82 Å². The van der Waals surface area contributed by atoms with Crippen LogP contribution in [0.5, 0.6) is 0 Å². The molecule has 88 valence electrons. The van der Waals surface area contributed by atoms with Crippen molar-refractivity contribution in [3.63, 3.8) is 0 Å². The second-order valence-electron chi connectivity index (χ2n) is 3.53. The van der Waals surface area contributed by atoms with Crippen LogP contribution in [0.3, 0.4) is 0 Å². The lowest BCUT2D eigenvalue weighted by molar-refractivity contribution is -0.133. The number of allylic oxidation sites excluding steroid dienone is 2. The van der Waals surface area contributed by atoms with E-state index in [2.05, 4.69) is 0 Å².